The highest BCUT2D eigenvalue weighted by Crippen LogP contribution is 2.10. The van der Waals surface area contributed by atoms with Gasteiger partial charge in [0.05, 0.1) is 6.54 Å². The number of aryl methyl sites for hydroxylation is 1. The third-order valence-electron chi connectivity index (χ3n) is 3.83. The predicted octanol–water partition coefficient (Wildman–Crippen LogP) is 0.785. The number of aliphatic carboxylic acids is 1. The van der Waals surface area contributed by atoms with E-state index in [4.69, 9.17) is 5.11 Å². The molecule has 0 aromatic carbocycles. The Labute approximate surface area is 140 Å². The highest BCUT2D eigenvalue weighted by Gasteiger charge is 2.06. The van der Waals surface area contributed by atoms with Crippen LogP contribution in [0.3, 0.4) is 0 Å². The maximum absolute atomic E-state index is 10.6. The van der Waals surface area contributed by atoms with Crippen LogP contribution in [0.15, 0.2) is 18.7 Å². The maximum atomic E-state index is 10.6. The number of aromatic nitrogens is 2. The number of carbonyl (C=O) groups is 1. The Morgan fingerprint density at radius 1 is 1.00 bits per heavy atom. The van der Waals surface area contributed by atoms with E-state index in [-0.39, 0.29) is 19.0 Å². The van der Waals surface area contributed by atoms with Crippen molar-refractivity contribution < 1.29 is 26.9 Å². The van der Waals surface area contributed by atoms with Gasteiger partial charge in [0.1, 0.15) is 12.4 Å². The van der Waals surface area contributed by atoms with Crippen molar-refractivity contribution in [3.8, 4) is 0 Å². The first-order valence-corrected chi connectivity index (χ1v) is 8.49. The highest BCUT2D eigenvalue weighted by molar-refractivity contribution is 5.64. The number of hydrogen-bond acceptors (Lipinski definition) is 1. The third kappa shape index (κ3) is 10.7. The fourth-order valence-corrected chi connectivity index (χ4v) is 2.60. The summed E-state index contributed by atoms with van der Waals surface area (Å²) in [6.07, 6.45) is 19.1. The second kappa shape index (κ2) is 13.6. The van der Waals surface area contributed by atoms with E-state index in [0.717, 1.165) is 6.54 Å². The minimum Gasteiger partial charge on any atom is -1.00 e. The second-order valence-corrected chi connectivity index (χ2v) is 5.90. The van der Waals surface area contributed by atoms with Crippen molar-refractivity contribution in [3.05, 3.63) is 18.7 Å². The molecule has 1 aromatic rings. The van der Waals surface area contributed by atoms with Gasteiger partial charge in [0.15, 0.2) is 6.54 Å². The molecule has 5 heteroatoms. The van der Waals surface area contributed by atoms with Gasteiger partial charge in [0.2, 0.25) is 6.33 Å². The van der Waals surface area contributed by atoms with Crippen molar-refractivity contribution in [2.24, 2.45) is 0 Å². The van der Waals surface area contributed by atoms with Gasteiger partial charge in [-0.3, -0.25) is 0 Å². The van der Waals surface area contributed by atoms with Crippen LogP contribution in [-0.2, 0) is 17.9 Å². The average molecular weight is 331 g/mol. The van der Waals surface area contributed by atoms with Crippen molar-refractivity contribution in [1.82, 2.24) is 4.57 Å². The molecule has 0 amide bonds. The number of imidazole rings is 1. The van der Waals surface area contributed by atoms with Gasteiger partial charge in [-0.1, -0.05) is 58.3 Å². The summed E-state index contributed by atoms with van der Waals surface area (Å²) in [7, 11) is 0. The van der Waals surface area contributed by atoms with E-state index in [2.05, 4.69) is 11.5 Å². The van der Waals surface area contributed by atoms with Crippen molar-refractivity contribution in [1.29, 1.82) is 0 Å². The average Bonchev–Trinajstić information content (AvgIpc) is 2.87. The largest absolute Gasteiger partial charge is 1.00 e. The van der Waals surface area contributed by atoms with Crippen LogP contribution >= 0.6 is 0 Å². The minimum atomic E-state index is -0.795. The zero-order valence-electron chi connectivity index (χ0n) is 13.8. The molecule has 4 nitrogen and oxygen atoms in total. The zero-order chi connectivity index (χ0) is 15.3. The van der Waals surface area contributed by atoms with E-state index in [0.29, 0.717) is 0 Å². The summed E-state index contributed by atoms with van der Waals surface area (Å²) in [5, 5.41) is 8.71. The number of rotatable bonds is 13. The van der Waals surface area contributed by atoms with Crippen LogP contribution in [0.1, 0.15) is 71.1 Å². The molecule has 1 heterocycles. The summed E-state index contributed by atoms with van der Waals surface area (Å²) in [5.74, 6) is -0.795. The molecule has 0 unspecified atom stereocenters. The monoisotopic (exact) mass is 330 g/mol. The van der Waals surface area contributed by atoms with E-state index < -0.39 is 5.97 Å². The van der Waals surface area contributed by atoms with E-state index >= 15 is 0 Å². The molecule has 0 saturated heterocycles. The molecule has 1 rings (SSSR count). The van der Waals surface area contributed by atoms with Gasteiger partial charge in [-0.25, -0.2) is 13.9 Å². The maximum Gasteiger partial charge on any atom is 0.346 e. The number of halogens is 1. The van der Waals surface area contributed by atoms with Crippen molar-refractivity contribution in [3.63, 3.8) is 0 Å². The van der Waals surface area contributed by atoms with Crippen LogP contribution in [0, 0.1) is 0 Å². The molecule has 22 heavy (non-hydrogen) atoms. The van der Waals surface area contributed by atoms with E-state index in [9.17, 15) is 4.79 Å². The first-order valence-electron chi connectivity index (χ1n) is 8.49. The summed E-state index contributed by atoms with van der Waals surface area (Å²) in [6, 6.07) is 0. The lowest BCUT2D eigenvalue weighted by Gasteiger charge is -2.01. The molecule has 0 spiro atoms. The van der Waals surface area contributed by atoms with Crippen molar-refractivity contribution >= 4 is 5.97 Å². The summed E-state index contributed by atoms with van der Waals surface area (Å²) < 4.78 is 3.78. The fourth-order valence-electron chi connectivity index (χ4n) is 2.60. The molecule has 0 saturated carbocycles. The van der Waals surface area contributed by atoms with Crippen LogP contribution in [0.4, 0.5) is 0 Å². The molecule has 0 bridgehead atoms. The summed E-state index contributed by atoms with van der Waals surface area (Å²) in [5.41, 5.74) is 0. The predicted molar refractivity (Wildman–Crippen MR) is 84.1 cm³/mol. The Hall–Kier alpha value is -1.03. The Morgan fingerprint density at radius 3 is 2.09 bits per heavy atom. The molecule has 0 aliphatic heterocycles. The van der Waals surface area contributed by atoms with Crippen LogP contribution in [-0.4, -0.2) is 15.6 Å². The lowest BCUT2D eigenvalue weighted by atomic mass is 10.1. The molecule has 0 radical (unpaired) electrons. The standard InChI is InChI=1S/C17H30N2O2.ClH/c1-2-3-4-5-6-7-8-9-10-11-12-18-13-14-19(16-18)15-17(20)21;/h13-14,16H,2-12,15H2,1H3;1H. The van der Waals surface area contributed by atoms with Crippen molar-refractivity contribution in [2.75, 3.05) is 0 Å². The number of hydrogen-bond donors (Lipinski definition) is 1. The summed E-state index contributed by atoms with van der Waals surface area (Å²) >= 11 is 0. The number of carboxylic acids is 1. The summed E-state index contributed by atoms with van der Waals surface area (Å²) in [6.45, 7) is 3.29. The summed E-state index contributed by atoms with van der Waals surface area (Å²) in [4.78, 5) is 10.6. The Morgan fingerprint density at radius 2 is 1.55 bits per heavy atom. The Bertz CT molecular complexity index is 394. The number of nitrogens with zero attached hydrogens (tertiary/aromatic N) is 2. The molecule has 0 aliphatic rings. The highest BCUT2D eigenvalue weighted by atomic mass is 35.5. The van der Waals surface area contributed by atoms with E-state index in [1.807, 2.05) is 18.7 Å². The smallest absolute Gasteiger partial charge is 0.346 e. The SMILES string of the molecule is CCCCCCCCCCCCn1cc[n+](CC(=O)O)c1.[Cl-]. The molecule has 0 fully saturated rings. The molecule has 1 N–H and O–H groups in total. The van der Waals surface area contributed by atoms with Gasteiger partial charge < -0.3 is 17.5 Å². The molecular weight excluding hydrogens is 300 g/mol. The third-order valence-corrected chi connectivity index (χ3v) is 3.83. The topological polar surface area (TPSA) is 46.1 Å². The molecule has 1 aromatic heterocycles. The quantitative estimate of drug-likeness (QED) is 0.429. The second-order valence-electron chi connectivity index (χ2n) is 5.90. The molecular formula is C17H31ClN2O2. The lowest BCUT2D eigenvalue weighted by molar-refractivity contribution is -0.685. The van der Waals surface area contributed by atoms with Gasteiger partial charge >= 0.3 is 5.97 Å². The number of unbranched alkanes of at least 4 members (excludes halogenated alkanes) is 9. The molecule has 128 valence electrons. The van der Waals surface area contributed by atoms with E-state index in [1.165, 1.54) is 64.2 Å². The number of carboxylic acid groups (broad SMARTS) is 1. The van der Waals surface area contributed by atoms with Gasteiger partial charge in [-0.15, -0.1) is 0 Å². The van der Waals surface area contributed by atoms with Crippen LogP contribution in [0.2, 0.25) is 0 Å². The lowest BCUT2D eigenvalue weighted by Crippen LogP contribution is -3.00. The minimum absolute atomic E-state index is 0. The van der Waals surface area contributed by atoms with E-state index in [1.54, 1.807) is 4.57 Å². The van der Waals surface area contributed by atoms with Gasteiger partial charge in [-0.2, -0.15) is 0 Å². The molecule has 0 aliphatic carbocycles. The first kappa shape index (κ1) is 21.0. The molecule has 0 atom stereocenters. The Kier molecular flexibility index (Phi) is 13.0. The normalized spacial score (nSPS) is 10.4. The van der Waals surface area contributed by atoms with Crippen molar-refractivity contribution in [2.45, 2.75) is 84.2 Å². The van der Waals surface area contributed by atoms with Crippen LogP contribution in [0.5, 0.6) is 0 Å². The zero-order valence-corrected chi connectivity index (χ0v) is 14.6. The van der Waals surface area contributed by atoms with Crippen LogP contribution < -0.4 is 17.0 Å². The fraction of sp³-hybridized carbons (Fsp3) is 0.765. The van der Waals surface area contributed by atoms with Crippen LogP contribution in [0.25, 0.3) is 0 Å². The van der Waals surface area contributed by atoms with Gasteiger partial charge in [0.25, 0.3) is 0 Å². The van der Waals surface area contributed by atoms with Gasteiger partial charge in [0, 0.05) is 0 Å². The Balaban J connectivity index is 0.00000441. The van der Waals surface area contributed by atoms with Gasteiger partial charge in [-0.05, 0) is 12.8 Å². The first-order chi connectivity index (χ1) is 10.2.